The zero-order chi connectivity index (χ0) is 13.7. The first-order valence-electron chi connectivity index (χ1n) is 6.16. The molecular formula is C15H17BrN2S. The molecule has 0 aliphatic heterocycles. The molecule has 1 aromatic carbocycles. The quantitative estimate of drug-likeness (QED) is 0.828. The Balaban J connectivity index is 2.01. The zero-order valence-electron chi connectivity index (χ0n) is 11.1. The SMILES string of the molecule is CNC(CSc1ccc(Br)cc1)c1cncc(C)c1. The number of rotatable bonds is 5. The highest BCUT2D eigenvalue weighted by atomic mass is 79.9. The lowest BCUT2D eigenvalue weighted by atomic mass is 10.1. The summed E-state index contributed by atoms with van der Waals surface area (Å²) in [5, 5.41) is 3.36. The summed E-state index contributed by atoms with van der Waals surface area (Å²) in [6.07, 6.45) is 3.83. The van der Waals surface area contributed by atoms with Crippen LogP contribution in [0.3, 0.4) is 0 Å². The summed E-state index contributed by atoms with van der Waals surface area (Å²) in [6, 6.07) is 10.9. The molecule has 0 saturated heterocycles. The maximum absolute atomic E-state index is 4.26. The average molecular weight is 337 g/mol. The monoisotopic (exact) mass is 336 g/mol. The van der Waals surface area contributed by atoms with E-state index in [4.69, 9.17) is 0 Å². The first kappa shape index (κ1) is 14.6. The Morgan fingerprint density at radius 3 is 2.63 bits per heavy atom. The molecular weight excluding hydrogens is 320 g/mol. The highest BCUT2D eigenvalue weighted by Crippen LogP contribution is 2.25. The van der Waals surface area contributed by atoms with Crippen LogP contribution in [-0.2, 0) is 0 Å². The van der Waals surface area contributed by atoms with Crippen LogP contribution in [0.2, 0.25) is 0 Å². The van der Waals surface area contributed by atoms with Crippen LogP contribution in [0.4, 0.5) is 0 Å². The summed E-state index contributed by atoms with van der Waals surface area (Å²) in [7, 11) is 2.00. The van der Waals surface area contributed by atoms with Crippen LogP contribution in [0.15, 0.2) is 52.1 Å². The van der Waals surface area contributed by atoms with Gasteiger partial charge in [0.1, 0.15) is 0 Å². The van der Waals surface area contributed by atoms with Gasteiger partial charge in [-0.2, -0.15) is 0 Å². The van der Waals surface area contributed by atoms with E-state index >= 15 is 0 Å². The van der Waals surface area contributed by atoms with Crippen molar-refractivity contribution in [3.63, 3.8) is 0 Å². The minimum atomic E-state index is 0.320. The van der Waals surface area contributed by atoms with Crippen LogP contribution < -0.4 is 5.32 Å². The van der Waals surface area contributed by atoms with Crippen molar-refractivity contribution in [3.05, 3.63) is 58.3 Å². The van der Waals surface area contributed by atoms with Crippen molar-refractivity contribution in [2.24, 2.45) is 0 Å². The molecule has 1 aromatic heterocycles. The van der Waals surface area contributed by atoms with E-state index in [1.54, 1.807) is 0 Å². The summed E-state index contributed by atoms with van der Waals surface area (Å²) in [6.45, 7) is 2.07. The summed E-state index contributed by atoms with van der Waals surface area (Å²) >= 11 is 5.31. The lowest BCUT2D eigenvalue weighted by Crippen LogP contribution is -2.19. The van der Waals surface area contributed by atoms with E-state index in [-0.39, 0.29) is 0 Å². The molecule has 2 nitrogen and oxygen atoms in total. The van der Waals surface area contributed by atoms with E-state index in [1.807, 2.05) is 31.2 Å². The minimum Gasteiger partial charge on any atom is -0.312 e. The van der Waals surface area contributed by atoms with Crippen molar-refractivity contribution in [1.29, 1.82) is 0 Å². The number of aryl methyl sites for hydroxylation is 1. The molecule has 100 valence electrons. The smallest absolute Gasteiger partial charge is 0.0428 e. The number of hydrogen-bond donors (Lipinski definition) is 1. The maximum atomic E-state index is 4.26. The van der Waals surface area contributed by atoms with Gasteiger partial charge in [-0.3, -0.25) is 4.98 Å². The Morgan fingerprint density at radius 2 is 2.00 bits per heavy atom. The van der Waals surface area contributed by atoms with Gasteiger partial charge in [-0.25, -0.2) is 0 Å². The van der Waals surface area contributed by atoms with Gasteiger partial charge in [-0.05, 0) is 49.4 Å². The van der Waals surface area contributed by atoms with Gasteiger partial charge >= 0.3 is 0 Å². The molecule has 1 heterocycles. The van der Waals surface area contributed by atoms with Crippen molar-refractivity contribution < 1.29 is 0 Å². The molecule has 0 fully saturated rings. The van der Waals surface area contributed by atoms with Gasteiger partial charge in [0.15, 0.2) is 0 Å². The topological polar surface area (TPSA) is 24.9 Å². The van der Waals surface area contributed by atoms with Crippen molar-refractivity contribution in [2.75, 3.05) is 12.8 Å². The molecule has 1 unspecified atom stereocenters. The van der Waals surface area contributed by atoms with Gasteiger partial charge in [0.05, 0.1) is 0 Å². The highest BCUT2D eigenvalue weighted by molar-refractivity contribution is 9.10. The van der Waals surface area contributed by atoms with E-state index in [0.29, 0.717) is 6.04 Å². The lowest BCUT2D eigenvalue weighted by molar-refractivity contribution is 0.658. The lowest BCUT2D eigenvalue weighted by Gasteiger charge is -2.16. The van der Waals surface area contributed by atoms with Gasteiger partial charge in [0, 0.05) is 33.6 Å². The summed E-state index contributed by atoms with van der Waals surface area (Å²) in [5.41, 5.74) is 2.44. The van der Waals surface area contributed by atoms with Gasteiger partial charge < -0.3 is 5.32 Å². The van der Waals surface area contributed by atoms with Crippen LogP contribution in [-0.4, -0.2) is 17.8 Å². The number of halogens is 1. The third-order valence-electron chi connectivity index (χ3n) is 2.88. The second-order valence-corrected chi connectivity index (χ2v) is 6.41. The molecule has 0 aliphatic rings. The number of thioether (sulfide) groups is 1. The molecule has 0 radical (unpaired) electrons. The standard InChI is InChI=1S/C15H17BrN2S/c1-11-7-12(9-18-8-11)15(17-2)10-19-14-5-3-13(16)4-6-14/h3-9,15,17H,10H2,1-2H3. The number of hydrogen-bond acceptors (Lipinski definition) is 3. The predicted molar refractivity (Wildman–Crippen MR) is 85.6 cm³/mol. The van der Waals surface area contributed by atoms with Crippen molar-refractivity contribution in [1.82, 2.24) is 10.3 Å². The molecule has 1 atom stereocenters. The Labute approximate surface area is 127 Å². The number of nitrogens with one attached hydrogen (secondary N) is 1. The fourth-order valence-electron chi connectivity index (χ4n) is 1.83. The van der Waals surface area contributed by atoms with Crippen LogP contribution in [0.1, 0.15) is 17.2 Å². The van der Waals surface area contributed by atoms with Crippen LogP contribution in [0.25, 0.3) is 0 Å². The van der Waals surface area contributed by atoms with Crippen LogP contribution >= 0.6 is 27.7 Å². The summed E-state index contributed by atoms with van der Waals surface area (Å²) < 4.78 is 1.12. The molecule has 2 aromatic rings. The van der Waals surface area contributed by atoms with Gasteiger partial charge in [0.25, 0.3) is 0 Å². The summed E-state index contributed by atoms with van der Waals surface area (Å²) in [4.78, 5) is 5.55. The van der Waals surface area contributed by atoms with E-state index in [0.717, 1.165) is 10.2 Å². The number of pyridine rings is 1. The highest BCUT2D eigenvalue weighted by Gasteiger charge is 2.10. The van der Waals surface area contributed by atoms with Crippen LogP contribution in [0, 0.1) is 6.92 Å². The van der Waals surface area contributed by atoms with E-state index in [9.17, 15) is 0 Å². The Hall–Kier alpha value is -0.840. The molecule has 0 amide bonds. The second kappa shape index (κ2) is 7.08. The first-order valence-corrected chi connectivity index (χ1v) is 7.94. The predicted octanol–water partition coefficient (Wildman–Crippen LogP) is 4.21. The molecule has 4 heteroatoms. The van der Waals surface area contributed by atoms with Gasteiger partial charge in [-0.15, -0.1) is 11.8 Å². The third-order valence-corrected chi connectivity index (χ3v) is 4.51. The molecule has 0 saturated carbocycles. The van der Waals surface area contributed by atoms with E-state index < -0.39 is 0 Å². The first-order chi connectivity index (χ1) is 9.19. The van der Waals surface area contributed by atoms with Crippen molar-refractivity contribution in [2.45, 2.75) is 17.9 Å². The molecule has 0 bridgehead atoms. The van der Waals surface area contributed by atoms with Gasteiger partial charge in [-0.1, -0.05) is 22.0 Å². The number of nitrogens with zero attached hydrogens (tertiary/aromatic N) is 1. The second-order valence-electron chi connectivity index (χ2n) is 4.40. The number of aromatic nitrogens is 1. The Morgan fingerprint density at radius 1 is 1.26 bits per heavy atom. The largest absolute Gasteiger partial charge is 0.312 e. The van der Waals surface area contributed by atoms with E-state index in [1.165, 1.54) is 16.0 Å². The molecule has 0 aliphatic carbocycles. The zero-order valence-corrected chi connectivity index (χ0v) is 13.5. The Kier molecular flexibility index (Phi) is 5.43. The number of benzene rings is 1. The third kappa shape index (κ3) is 4.34. The van der Waals surface area contributed by atoms with Crippen molar-refractivity contribution >= 4 is 27.7 Å². The normalized spacial score (nSPS) is 12.4. The molecule has 2 rings (SSSR count). The fraction of sp³-hybridized carbons (Fsp3) is 0.267. The molecule has 0 spiro atoms. The summed E-state index contributed by atoms with van der Waals surface area (Å²) in [5.74, 6) is 0.989. The average Bonchev–Trinajstić information content (AvgIpc) is 2.42. The fourth-order valence-corrected chi connectivity index (χ4v) is 3.14. The van der Waals surface area contributed by atoms with E-state index in [2.05, 4.69) is 63.5 Å². The van der Waals surface area contributed by atoms with Crippen molar-refractivity contribution in [3.8, 4) is 0 Å². The maximum Gasteiger partial charge on any atom is 0.0428 e. The molecule has 19 heavy (non-hydrogen) atoms. The van der Waals surface area contributed by atoms with Gasteiger partial charge in [0.2, 0.25) is 0 Å². The minimum absolute atomic E-state index is 0.320. The van der Waals surface area contributed by atoms with Crippen LogP contribution in [0.5, 0.6) is 0 Å². The molecule has 1 N–H and O–H groups in total. The Bertz CT molecular complexity index is 528.